The number of nitrogens with zero attached hydrogens (tertiary/aromatic N) is 3. The van der Waals surface area contributed by atoms with Crippen LogP contribution in [0.2, 0.25) is 0 Å². The Morgan fingerprint density at radius 1 is 0.529 bits per heavy atom. The van der Waals surface area contributed by atoms with Crippen LogP contribution in [0.5, 0.6) is 5.75 Å². The van der Waals surface area contributed by atoms with E-state index in [0.29, 0.717) is 72.7 Å². The Kier molecular flexibility index (Phi) is 9.51. The summed E-state index contributed by atoms with van der Waals surface area (Å²) in [6.45, 7) is -2.58. The number of benzene rings is 8. The summed E-state index contributed by atoms with van der Waals surface area (Å²) in [5.41, 5.74) is 9.53. The molecule has 350 valence electrons. The number of aryl methyl sites for hydroxylation is 3. The van der Waals surface area contributed by atoms with E-state index >= 15 is 0 Å². The molecule has 0 fully saturated rings. The fourth-order valence-electron chi connectivity index (χ4n) is 9.20. The Labute approximate surface area is 444 Å². The minimum atomic E-state index is -3.41. The molecule has 0 saturated heterocycles. The molecule has 4 nitrogen and oxygen atoms in total. The van der Waals surface area contributed by atoms with Gasteiger partial charge in [0.2, 0.25) is 0 Å². The van der Waals surface area contributed by atoms with Crippen LogP contribution in [0.1, 0.15) is 85.6 Å². The van der Waals surface area contributed by atoms with Gasteiger partial charge in [-0.15, -0.1) is 23.8 Å². The van der Waals surface area contributed by atoms with Crippen molar-refractivity contribution in [1.82, 2.24) is 14.5 Å². The fourth-order valence-corrected chi connectivity index (χ4v) is 9.20. The molecule has 0 unspecified atom stereocenters. The standard InChI is InChI=1S/C65H58N3O.Pt/c1-41-33-43(3)62(69)57(34-41)63-67-61-54(50-36-49(44-17-12-10-13-18-44)37-51(38-50)58-39-48(31-32-66-58)45-23-27-52(28-24-45)64(4,5)6)21-16-22-59(61)68(63)60-35-42(2)55(40-56(60)46-19-14-11-15-20-46)47-25-29-53(30-26-47)65(7,8)9;/h10-37,39-40,69H,1-9H3;/q-1;/i2D3,4D3,5D3,6D3;. The summed E-state index contributed by atoms with van der Waals surface area (Å²) in [5, 5.41) is 12.1. The number of hydrogen-bond acceptors (Lipinski definition) is 3. The molecule has 8 aromatic carbocycles. The fraction of sp³-hybridized carbons (Fsp3) is 0.169. The van der Waals surface area contributed by atoms with E-state index < -0.39 is 32.8 Å². The third-order valence-electron chi connectivity index (χ3n) is 12.8. The maximum atomic E-state index is 12.1. The normalized spacial score (nSPS) is 15.0. The van der Waals surface area contributed by atoms with E-state index in [-0.39, 0.29) is 43.4 Å². The van der Waals surface area contributed by atoms with Gasteiger partial charge >= 0.3 is 0 Å². The summed E-state index contributed by atoms with van der Waals surface area (Å²) in [7, 11) is 0. The van der Waals surface area contributed by atoms with Crippen LogP contribution in [-0.4, -0.2) is 19.6 Å². The van der Waals surface area contributed by atoms with Gasteiger partial charge in [-0.2, -0.15) is 0 Å². The molecule has 2 heterocycles. The number of aromatic hydroxyl groups is 1. The second kappa shape index (κ2) is 19.0. The van der Waals surface area contributed by atoms with E-state index in [1.165, 1.54) is 24.3 Å². The molecule has 0 aliphatic rings. The van der Waals surface area contributed by atoms with Gasteiger partial charge in [0.15, 0.2) is 0 Å². The number of imidazole rings is 1. The van der Waals surface area contributed by atoms with Gasteiger partial charge in [0.25, 0.3) is 0 Å². The van der Waals surface area contributed by atoms with Crippen molar-refractivity contribution < 1.29 is 42.6 Å². The topological polar surface area (TPSA) is 50.9 Å². The molecular weight excluding hydrogens is 1030 g/mol. The zero-order valence-electron chi connectivity index (χ0n) is 51.4. The van der Waals surface area contributed by atoms with Gasteiger partial charge in [-0.1, -0.05) is 191 Å². The number of aromatic nitrogens is 3. The molecule has 0 radical (unpaired) electrons. The maximum Gasteiger partial charge on any atom is 0.148 e. The first-order valence-electron chi connectivity index (χ1n) is 28.9. The van der Waals surface area contributed by atoms with Gasteiger partial charge in [-0.3, -0.25) is 9.55 Å². The van der Waals surface area contributed by atoms with E-state index in [9.17, 15) is 5.11 Å². The second-order valence-electron chi connectivity index (χ2n) is 18.8. The van der Waals surface area contributed by atoms with Crippen molar-refractivity contribution in [2.45, 2.75) is 72.9 Å². The minimum absolute atomic E-state index is 0. The molecule has 70 heavy (non-hydrogen) atoms. The second-order valence-corrected chi connectivity index (χ2v) is 18.8. The third-order valence-corrected chi connectivity index (χ3v) is 12.8. The van der Waals surface area contributed by atoms with Crippen LogP contribution >= 0.6 is 0 Å². The quantitative estimate of drug-likeness (QED) is 0.154. The summed E-state index contributed by atoms with van der Waals surface area (Å²) in [6, 6.07) is 57.8. The van der Waals surface area contributed by atoms with E-state index in [1.807, 2.05) is 158 Å². The van der Waals surface area contributed by atoms with Crippen LogP contribution in [-0.2, 0) is 31.9 Å². The Hall–Kier alpha value is -7.13. The van der Waals surface area contributed by atoms with Crippen molar-refractivity contribution in [3.63, 3.8) is 0 Å². The first-order chi connectivity index (χ1) is 38.1. The maximum absolute atomic E-state index is 12.1. The molecule has 2 aromatic heterocycles. The van der Waals surface area contributed by atoms with Crippen LogP contribution in [0.3, 0.4) is 0 Å². The predicted octanol–water partition coefficient (Wildman–Crippen LogP) is 17.1. The molecule has 0 aliphatic carbocycles. The number of hydrogen-bond donors (Lipinski definition) is 1. The molecule has 0 spiro atoms. The van der Waals surface area contributed by atoms with Crippen molar-refractivity contribution in [1.29, 1.82) is 0 Å². The largest absolute Gasteiger partial charge is 0.507 e. The number of rotatable bonds is 8. The van der Waals surface area contributed by atoms with E-state index in [4.69, 9.17) is 26.4 Å². The molecule has 10 aromatic rings. The number of para-hydroxylation sites is 1. The molecule has 0 aliphatic heterocycles. The molecule has 1 N–H and O–H groups in total. The van der Waals surface area contributed by atoms with Crippen molar-refractivity contribution in [2.24, 2.45) is 0 Å². The van der Waals surface area contributed by atoms with Crippen molar-refractivity contribution >= 4 is 11.0 Å². The number of phenolic OH excluding ortho intramolecular Hbond substituents is 1. The van der Waals surface area contributed by atoms with Crippen LogP contribution in [0.25, 0.3) is 95.0 Å². The molecule has 0 amide bonds. The van der Waals surface area contributed by atoms with E-state index in [2.05, 4.69) is 26.8 Å². The molecule has 10 rings (SSSR count). The van der Waals surface area contributed by atoms with Gasteiger partial charge in [0.05, 0.1) is 22.3 Å². The Balaban J connectivity index is 0.00000810. The number of pyridine rings is 1. The average Bonchev–Trinajstić information content (AvgIpc) is 1.43. The first-order valence-corrected chi connectivity index (χ1v) is 22.9. The van der Waals surface area contributed by atoms with Gasteiger partial charge in [-0.05, 0) is 123 Å². The average molecular weight is 1100 g/mol. The molecular formula is C65H58N3OPt-. The molecule has 0 bridgehead atoms. The van der Waals surface area contributed by atoms with Crippen molar-refractivity contribution in [2.75, 3.05) is 0 Å². The van der Waals surface area contributed by atoms with E-state index in [1.54, 1.807) is 18.3 Å². The Morgan fingerprint density at radius 3 is 1.83 bits per heavy atom. The monoisotopic (exact) mass is 1100 g/mol. The van der Waals surface area contributed by atoms with Crippen LogP contribution < -0.4 is 0 Å². The summed E-state index contributed by atoms with van der Waals surface area (Å²) < 4.78 is 103. The molecule has 0 saturated carbocycles. The Morgan fingerprint density at radius 2 is 1.16 bits per heavy atom. The smallest absolute Gasteiger partial charge is 0.148 e. The SMILES string of the molecule is [2H]C([2H])([2H])c1cc(-n2c(-c3cc(C)cc(C)c3O)nc3c(-c4[c-]c(-c5cc(-c6ccc(C(C([2H])([2H])[2H])(C([2H])([2H])[2H])C([2H])([2H])[2H])cc6)ccn5)cc(-c5ccccc5)c4)cccc32)c(-c2ccccc2)cc1-c1ccc(C(C)(C)C)cc1.[Pt]. The van der Waals surface area contributed by atoms with Crippen LogP contribution in [0, 0.1) is 26.8 Å². The van der Waals surface area contributed by atoms with Crippen molar-refractivity contribution in [3.05, 3.63) is 216 Å². The van der Waals surface area contributed by atoms with E-state index in [0.717, 1.165) is 38.9 Å². The zero-order valence-corrected chi connectivity index (χ0v) is 41.7. The number of phenols is 1. The molecule has 5 heteroatoms. The van der Waals surface area contributed by atoms with Crippen LogP contribution in [0.15, 0.2) is 182 Å². The van der Waals surface area contributed by atoms with Crippen LogP contribution in [0.4, 0.5) is 0 Å². The Bertz CT molecular complexity index is 3960. The van der Waals surface area contributed by atoms with Gasteiger partial charge in [0.1, 0.15) is 11.6 Å². The molecule has 0 atom stereocenters. The van der Waals surface area contributed by atoms with Crippen molar-refractivity contribution in [3.8, 4) is 89.7 Å². The first kappa shape index (κ1) is 35.0. The number of fused-ring (bicyclic) bond motifs is 1. The minimum Gasteiger partial charge on any atom is -0.507 e. The summed E-state index contributed by atoms with van der Waals surface area (Å²) in [6.07, 6.45) is 1.62. The summed E-state index contributed by atoms with van der Waals surface area (Å²) in [4.78, 5) is 10.3. The summed E-state index contributed by atoms with van der Waals surface area (Å²) >= 11 is 0. The summed E-state index contributed by atoms with van der Waals surface area (Å²) in [5.74, 6) is 0.407. The zero-order chi connectivity index (χ0) is 58.2. The third kappa shape index (κ3) is 9.34. The van der Waals surface area contributed by atoms with Gasteiger partial charge in [-0.25, -0.2) is 4.98 Å². The predicted molar refractivity (Wildman–Crippen MR) is 289 cm³/mol. The van der Waals surface area contributed by atoms with Gasteiger partial charge < -0.3 is 5.11 Å². The van der Waals surface area contributed by atoms with Gasteiger partial charge in [0, 0.05) is 55.0 Å².